The first kappa shape index (κ1) is 14.9. The van der Waals surface area contributed by atoms with Crippen molar-refractivity contribution >= 4 is 16.6 Å². The van der Waals surface area contributed by atoms with Gasteiger partial charge < -0.3 is 14.5 Å². The average molecular weight is 311 g/mol. The summed E-state index contributed by atoms with van der Waals surface area (Å²) in [6, 6.07) is 10.8. The normalized spacial score (nSPS) is 22.8. The van der Waals surface area contributed by atoms with Gasteiger partial charge in [-0.1, -0.05) is 31.2 Å². The van der Waals surface area contributed by atoms with Gasteiger partial charge in [0.2, 0.25) is 0 Å². The van der Waals surface area contributed by atoms with E-state index < -0.39 is 0 Å². The first-order valence-electron chi connectivity index (χ1n) is 8.84. The van der Waals surface area contributed by atoms with Crippen LogP contribution in [0.15, 0.2) is 30.3 Å². The van der Waals surface area contributed by atoms with Crippen molar-refractivity contribution in [3.05, 3.63) is 36.0 Å². The fraction of sp³-hybridized carbons (Fsp3) is 0.526. The lowest BCUT2D eigenvalue weighted by Crippen LogP contribution is -2.46. The van der Waals surface area contributed by atoms with Crippen LogP contribution in [0.4, 0.5) is 5.82 Å². The van der Waals surface area contributed by atoms with Crippen LogP contribution in [0.2, 0.25) is 0 Å². The van der Waals surface area contributed by atoms with E-state index in [9.17, 15) is 0 Å². The molecule has 0 aliphatic carbocycles. The van der Waals surface area contributed by atoms with Crippen molar-refractivity contribution < 1.29 is 4.74 Å². The summed E-state index contributed by atoms with van der Waals surface area (Å²) in [4.78, 5) is 9.99. The smallest absolute Gasteiger partial charge is 0.136 e. The number of benzene rings is 1. The molecule has 0 radical (unpaired) electrons. The Morgan fingerprint density at radius 2 is 2.00 bits per heavy atom. The minimum Gasteiger partial charge on any atom is -0.372 e. The molecule has 2 aliphatic heterocycles. The largest absolute Gasteiger partial charge is 0.372 e. The quantitative estimate of drug-likeness (QED) is 0.870. The Bertz CT molecular complexity index is 673. The minimum atomic E-state index is 0.176. The van der Waals surface area contributed by atoms with Gasteiger partial charge in [-0.2, -0.15) is 0 Å². The van der Waals surface area contributed by atoms with E-state index in [1.165, 1.54) is 10.8 Å². The van der Waals surface area contributed by atoms with E-state index in [1.807, 2.05) is 0 Å². The van der Waals surface area contributed by atoms with Gasteiger partial charge in [0, 0.05) is 38.2 Å². The van der Waals surface area contributed by atoms with Crippen LogP contribution >= 0.6 is 0 Å². The molecule has 1 atom stereocenters. The second-order valence-electron chi connectivity index (χ2n) is 6.51. The fourth-order valence-corrected chi connectivity index (χ4v) is 3.69. The summed E-state index contributed by atoms with van der Waals surface area (Å²) in [5.41, 5.74) is 1.11. The van der Waals surface area contributed by atoms with E-state index in [0.717, 1.165) is 63.7 Å². The number of piperazine rings is 1. The number of anilines is 1. The summed E-state index contributed by atoms with van der Waals surface area (Å²) in [5.74, 6) is 1.14. The van der Waals surface area contributed by atoms with E-state index >= 15 is 0 Å². The van der Waals surface area contributed by atoms with Crippen LogP contribution in [0, 0.1) is 0 Å². The maximum absolute atomic E-state index is 5.88. The predicted octanol–water partition coefficient (Wildman–Crippen LogP) is 3.23. The second kappa shape index (κ2) is 6.46. The zero-order valence-corrected chi connectivity index (χ0v) is 13.9. The summed E-state index contributed by atoms with van der Waals surface area (Å²) in [6.45, 7) is 8.59. The van der Waals surface area contributed by atoms with Crippen LogP contribution < -0.4 is 4.90 Å². The van der Waals surface area contributed by atoms with Crippen molar-refractivity contribution in [2.45, 2.75) is 25.9 Å². The molecule has 2 fully saturated rings. The lowest BCUT2D eigenvalue weighted by Gasteiger charge is -2.35. The molecule has 4 rings (SSSR count). The van der Waals surface area contributed by atoms with Gasteiger partial charge in [0.15, 0.2) is 0 Å². The van der Waals surface area contributed by atoms with Crippen LogP contribution in [-0.2, 0) is 4.74 Å². The molecule has 0 bridgehead atoms. The maximum Gasteiger partial charge on any atom is 0.136 e. The SMILES string of the molecule is CCN1CCN(c2nc(C3CCCO3)cc3ccccc23)CC1. The molecule has 1 aromatic heterocycles. The van der Waals surface area contributed by atoms with Crippen molar-refractivity contribution in [3.8, 4) is 0 Å². The number of rotatable bonds is 3. The highest BCUT2D eigenvalue weighted by Crippen LogP contribution is 2.33. The fourth-order valence-electron chi connectivity index (χ4n) is 3.69. The van der Waals surface area contributed by atoms with Crippen molar-refractivity contribution in [2.24, 2.45) is 0 Å². The van der Waals surface area contributed by atoms with E-state index in [0.29, 0.717) is 0 Å². The van der Waals surface area contributed by atoms with Gasteiger partial charge in [0.1, 0.15) is 5.82 Å². The van der Waals surface area contributed by atoms with Crippen LogP contribution in [-0.4, -0.2) is 49.2 Å². The van der Waals surface area contributed by atoms with Crippen molar-refractivity contribution in [1.29, 1.82) is 0 Å². The van der Waals surface area contributed by atoms with Crippen LogP contribution in [0.1, 0.15) is 31.6 Å². The third kappa shape index (κ3) is 2.93. The monoisotopic (exact) mass is 311 g/mol. The number of pyridine rings is 1. The summed E-state index contributed by atoms with van der Waals surface area (Å²) >= 11 is 0. The molecular formula is C19H25N3O. The van der Waals surface area contributed by atoms with Crippen molar-refractivity contribution in [1.82, 2.24) is 9.88 Å². The molecular weight excluding hydrogens is 286 g/mol. The topological polar surface area (TPSA) is 28.6 Å². The molecule has 1 unspecified atom stereocenters. The molecule has 3 heterocycles. The van der Waals surface area contributed by atoms with Crippen LogP contribution in [0.25, 0.3) is 10.8 Å². The predicted molar refractivity (Wildman–Crippen MR) is 94.0 cm³/mol. The maximum atomic E-state index is 5.88. The first-order chi connectivity index (χ1) is 11.3. The molecule has 2 aliphatic rings. The highest BCUT2D eigenvalue weighted by Gasteiger charge is 2.23. The zero-order chi connectivity index (χ0) is 15.6. The highest BCUT2D eigenvalue weighted by molar-refractivity contribution is 5.92. The summed E-state index contributed by atoms with van der Waals surface area (Å²) in [5, 5.41) is 2.54. The Morgan fingerprint density at radius 1 is 1.17 bits per heavy atom. The molecule has 1 aromatic carbocycles. The lowest BCUT2D eigenvalue weighted by molar-refractivity contribution is 0.109. The van der Waals surface area contributed by atoms with Gasteiger partial charge in [-0.15, -0.1) is 0 Å². The van der Waals surface area contributed by atoms with Gasteiger partial charge in [0.25, 0.3) is 0 Å². The van der Waals surface area contributed by atoms with E-state index in [1.54, 1.807) is 0 Å². The first-order valence-corrected chi connectivity index (χ1v) is 8.84. The number of likely N-dealkylation sites (N-methyl/N-ethyl adjacent to an activating group) is 1. The molecule has 4 nitrogen and oxygen atoms in total. The number of aromatic nitrogens is 1. The Hall–Kier alpha value is -1.65. The van der Waals surface area contributed by atoms with Gasteiger partial charge >= 0.3 is 0 Å². The third-order valence-corrected chi connectivity index (χ3v) is 5.12. The summed E-state index contributed by atoms with van der Waals surface area (Å²) < 4.78 is 5.88. The van der Waals surface area contributed by atoms with Crippen molar-refractivity contribution in [2.75, 3.05) is 44.2 Å². The third-order valence-electron chi connectivity index (χ3n) is 5.12. The van der Waals surface area contributed by atoms with Crippen LogP contribution in [0.5, 0.6) is 0 Å². The number of hydrogen-bond acceptors (Lipinski definition) is 4. The number of fused-ring (bicyclic) bond motifs is 1. The average Bonchev–Trinajstić information content (AvgIpc) is 3.15. The Kier molecular flexibility index (Phi) is 4.19. The van der Waals surface area contributed by atoms with Gasteiger partial charge in [0.05, 0.1) is 11.8 Å². The lowest BCUT2D eigenvalue weighted by atomic mass is 10.1. The Labute approximate surface area is 138 Å². The summed E-state index contributed by atoms with van der Waals surface area (Å²) in [6.07, 6.45) is 2.41. The summed E-state index contributed by atoms with van der Waals surface area (Å²) in [7, 11) is 0. The molecule has 2 aromatic rings. The van der Waals surface area contributed by atoms with Crippen molar-refractivity contribution in [3.63, 3.8) is 0 Å². The molecule has 23 heavy (non-hydrogen) atoms. The molecule has 2 saturated heterocycles. The van der Waals surface area contributed by atoms with Gasteiger partial charge in [-0.3, -0.25) is 0 Å². The minimum absolute atomic E-state index is 0.176. The van der Waals surface area contributed by atoms with E-state index in [-0.39, 0.29) is 6.10 Å². The number of hydrogen-bond donors (Lipinski definition) is 0. The highest BCUT2D eigenvalue weighted by atomic mass is 16.5. The molecule has 0 N–H and O–H groups in total. The molecule has 4 heteroatoms. The van der Waals surface area contributed by atoms with E-state index in [4.69, 9.17) is 9.72 Å². The van der Waals surface area contributed by atoms with E-state index in [2.05, 4.69) is 47.1 Å². The van der Waals surface area contributed by atoms with Crippen LogP contribution in [0.3, 0.4) is 0 Å². The molecule has 0 saturated carbocycles. The number of nitrogens with zero attached hydrogens (tertiary/aromatic N) is 3. The molecule has 0 amide bonds. The molecule has 122 valence electrons. The van der Waals surface area contributed by atoms with Gasteiger partial charge in [-0.05, 0) is 30.8 Å². The standard InChI is InChI=1S/C19H25N3O/c1-2-21-9-11-22(12-10-21)19-16-7-4-3-6-15(16)14-17(20-19)18-8-5-13-23-18/h3-4,6-7,14,18H,2,5,8-13H2,1H3. The molecule has 0 spiro atoms. The zero-order valence-electron chi connectivity index (χ0n) is 13.9. The Balaban J connectivity index is 1.71. The second-order valence-corrected chi connectivity index (χ2v) is 6.51. The number of ether oxygens (including phenoxy) is 1. The Morgan fingerprint density at radius 3 is 2.74 bits per heavy atom. The van der Waals surface area contributed by atoms with Gasteiger partial charge in [-0.25, -0.2) is 4.98 Å².